The Hall–Kier alpha value is -2.83. The summed E-state index contributed by atoms with van der Waals surface area (Å²) >= 11 is 13.7. The lowest BCUT2D eigenvalue weighted by Gasteiger charge is -2.06. The molecule has 0 saturated carbocycles. The van der Waals surface area contributed by atoms with Crippen molar-refractivity contribution in [2.45, 2.75) is 6.73 Å². The highest BCUT2D eigenvalue weighted by molar-refractivity contribution is 7.19. The number of aliphatic hydroxyl groups is 1. The molecule has 0 bridgehead atoms. The second-order valence-electron chi connectivity index (χ2n) is 5.90. The summed E-state index contributed by atoms with van der Waals surface area (Å²) in [6, 6.07) is 10.0. The van der Waals surface area contributed by atoms with Crippen molar-refractivity contribution in [2.24, 2.45) is 0 Å². The molecule has 0 atom stereocenters. The Morgan fingerprint density at radius 1 is 1.21 bits per heavy atom. The van der Waals surface area contributed by atoms with Crippen molar-refractivity contribution in [2.75, 3.05) is 0 Å². The van der Waals surface area contributed by atoms with Gasteiger partial charge in [0.15, 0.2) is 0 Å². The third-order valence-electron chi connectivity index (χ3n) is 4.13. The van der Waals surface area contributed by atoms with Gasteiger partial charge < -0.3 is 5.11 Å². The quantitative estimate of drug-likeness (QED) is 0.446. The van der Waals surface area contributed by atoms with Crippen LogP contribution in [0.15, 0.2) is 42.7 Å². The van der Waals surface area contributed by atoms with Gasteiger partial charge in [-0.1, -0.05) is 34.5 Å². The Morgan fingerprint density at radius 3 is 2.69 bits per heavy atom. The molecular formula is C19H10Cl2FN5OS. The topological polar surface area (TPSA) is 87.6 Å². The van der Waals surface area contributed by atoms with E-state index in [1.165, 1.54) is 28.3 Å². The van der Waals surface area contributed by atoms with Crippen LogP contribution in [0.4, 0.5) is 4.39 Å². The molecule has 0 unspecified atom stereocenters. The molecule has 0 fully saturated rings. The molecule has 3 heterocycles. The molecule has 4 aromatic rings. The van der Waals surface area contributed by atoms with Gasteiger partial charge in [-0.3, -0.25) is 0 Å². The first-order chi connectivity index (χ1) is 14.0. The summed E-state index contributed by atoms with van der Waals surface area (Å²) in [4.78, 5) is 4.72. The highest BCUT2D eigenvalue weighted by Gasteiger charge is 2.25. The van der Waals surface area contributed by atoms with E-state index in [0.717, 1.165) is 0 Å². The zero-order chi connectivity index (χ0) is 20.5. The third-order valence-corrected chi connectivity index (χ3v) is 5.93. The number of hydrogen-bond acceptors (Lipinski definition) is 6. The molecule has 6 nitrogen and oxygen atoms in total. The molecule has 0 spiro atoms. The summed E-state index contributed by atoms with van der Waals surface area (Å²) in [5.74, 6) is -0.654. The van der Waals surface area contributed by atoms with Crippen molar-refractivity contribution in [3.05, 3.63) is 64.3 Å². The monoisotopic (exact) mass is 445 g/mol. The van der Waals surface area contributed by atoms with Gasteiger partial charge in [-0.05, 0) is 23.8 Å². The Bertz CT molecular complexity index is 1260. The number of halogens is 3. The molecule has 3 aromatic heterocycles. The Balaban J connectivity index is 2.04. The molecule has 29 heavy (non-hydrogen) atoms. The number of pyridine rings is 1. The largest absolute Gasteiger partial charge is 0.374 e. The van der Waals surface area contributed by atoms with E-state index in [2.05, 4.69) is 21.4 Å². The average molecular weight is 446 g/mol. The lowest BCUT2D eigenvalue weighted by Crippen LogP contribution is -1.95. The van der Waals surface area contributed by atoms with Gasteiger partial charge in [0, 0.05) is 33.4 Å². The summed E-state index contributed by atoms with van der Waals surface area (Å²) in [7, 11) is 0. The molecule has 0 aliphatic rings. The second-order valence-corrected chi connectivity index (χ2v) is 7.76. The number of benzene rings is 1. The zero-order valence-electron chi connectivity index (χ0n) is 14.5. The van der Waals surface area contributed by atoms with Gasteiger partial charge in [-0.2, -0.15) is 9.65 Å². The van der Waals surface area contributed by atoms with E-state index in [9.17, 15) is 14.8 Å². The molecular weight excluding hydrogens is 436 g/mol. The Morgan fingerprint density at radius 2 is 2.03 bits per heavy atom. The lowest BCUT2D eigenvalue weighted by atomic mass is 9.98. The summed E-state index contributed by atoms with van der Waals surface area (Å²) < 4.78 is 15.0. The number of nitriles is 1. The van der Waals surface area contributed by atoms with Crippen molar-refractivity contribution in [3.63, 3.8) is 0 Å². The average Bonchev–Trinajstić information content (AvgIpc) is 3.32. The first-order valence-corrected chi connectivity index (χ1v) is 9.74. The van der Waals surface area contributed by atoms with Crippen LogP contribution in [0.2, 0.25) is 10.0 Å². The molecule has 10 heteroatoms. The fourth-order valence-electron chi connectivity index (χ4n) is 2.89. The minimum atomic E-state index is -0.654. The minimum absolute atomic E-state index is 0.318. The molecule has 144 valence electrons. The fraction of sp³-hybridized carbons (Fsp3) is 0.0526. The Labute approximate surface area is 178 Å². The SMILES string of the molecule is N#Cc1c(-c2ccnc(F)c2)sc(-c2cn(CO)nn2)c1-c1ccc(Cl)cc1Cl. The first kappa shape index (κ1) is 19.5. The molecule has 0 radical (unpaired) electrons. The van der Waals surface area contributed by atoms with Crippen molar-refractivity contribution < 1.29 is 9.50 Å². The normalized spacial score (nSPS) is 10.9. The minimum Gasteiger partial charge on any atom is -0.374 e. The van der Waals surface area contributed by atoms with Crippen LogP contribution in [-0.2, 0) is 6.73 Å². The van der Waals surface area contributed by atoms with Gasteiger partial charge in [0.2, 0.25) is 5.95 Å². The van der Waals surface area contributed by atoms with Crippen molar-refractivity contribution in [3.8, 4) is 38.2 Å². The van der Waals surface area contributed by atoms with E-state index in [1.54, 1.807) is 30.5 Å². The molecule has 0 saturated heterocycles. The van der Waals surface area contributed by atoms with Gasteiger partial charge >= 0.3 is 0 Å². The van der Waals surface area contributed by atoms with Crippen molar-refractivity contribution >= 4 is 34.5 Å². The van der Waals surface area contributed by atoms with Gasteiger partial charge in [-0.25, -0.2) is 9.67 Å². The second kappa shape index (κ2) is 7.89. The van der Waals surface area contributed by atoms with Crippen molar-refractivity contribution in [1.29, 1.82) is 5.26 Å². The number of thiophene rings is 1. The maximum Gasteiger partial charge on any atom is 0.213 e. The molecule has 0 aliphatic carbocycles. The number of aliphatic hydroxyl groups excluding tert-OH is 1. The van der Waals surface area contributed by atoms with Crippen LogP contribution in [-0.4, -0.2) is 25.1 Å². The van der Waals surface area contributed by atoms with Crippen LogP contribution in [0.5, 0.6) is 0 Å². The summed E-state index contributed by atoms with van der Waals surface area (Å²) in [6.45, 7) is -0.344. The van der Waals surface area contributed by atoms with Crippen molar-refractivity contribution in [1.82, 2.24) is 20.0 Å². The van der Waals surface area contributed by atoms with Crippen LogP contribution in [0, 0.1) is 17.3 Å². The van der Waals surface area contributed by atoms with Gasteiger partial charge in [0.05, 0.1) is 21.5 Å². The predicted molar refractivity (Wildman–Crippen MR) is 109 cm³/mol. The number of nitrogens with zero attached hydrogens (tertiary/aromatic N) is 5. The smallest absolute Gasteiger partial charge is 0.213 e. The van der Waals surface area contributed by atoms with Gasteiger partial charge in [0.25, 0.3) is 0 Å². The number of rotatable bonds is 4. The maximum atomic E-state index is 13.7. The van der Waals surface area contributed by atoms with Crippen LogP contribution in [0.25, 0.3) is 32.1 Å². The third kappa shape index (κ3) is 3.61. The summed E-state index contributed by atoms with van der Waals surface area (Å²) in [5, 5.41) is 28.0. The van der Waals surface area contributed by atoms with E-state index in [0.29, 0.717) is 47.7 Å². The molecule has 1 aromatic carbocycles. The maximum absolute atomic E-state index is 13.7. The molecule has 0 aliphatic heterocycles. The zero-order valence-corrected chi connectivity index (χ0v) is 16.8. The predicted octanol–water partition coefficient (Wildman–Crippen LogP) is 5.00. The van der Waals surface area contributed by atoms with Crippen LogP contribution < -0.4 is 0 Å². The highest BCUT2D eigenvalue weighted by atomic mass is 35.5. The Kier molecular flexibility index (Phi) is 5.30. The highest BCUT2D eigenvalue weighted by Crippen LogP contribution is 2.48. The lowest BCUT2D eigenvalue weighted by molar-refractivity contribution is 0.192. The molecule has 0 amide bonds. The van der Waals surface area contributed by atoms with Crippen LogP contribution in [0.3, 0.4) is 0 Å². The first-order valence-electron chi connectivity index (χ1n) is 8.17. The fourth-order valence-corrected chi connectivity index (χ4v) is 4.60. The van der Waals surface area contributed by atoms with Gasteiger partial charge in [-0.15, -0.1) is 16.4 Å². The van der Waals surface area contributed by atoms with E-state index in [1.807, 2.05) is 0 Å². The van der Waals surface area contributed by atoms with Gasteiger partial charge in [0.1, 0.15) is 18.5 Å². The van der Waals surface area contributed by atoms with E-state index < -0.39 is 5.95 Å². The molecule has 1 N–H and O–H groups in total. The van der Waals surface area contributed by atoms with E-state index in [4.69, 9.17) is 23.2 Å². The number of aromatic nitrogens is 4. The van der Waals surface area contributed by atoms with Crippen LogP contribution in [0.1, 0.15) is 5.56 Å². The summed E-state index contributed by atoms with van der Waals surface area (Å²) in [5.41, 5.74) is 2.39. The van der Waals surface area contributed by atoms with E-state index in [-0.39, 0.29) is 6.73 Å². The van der Waals surface area contributed by atoms with Crippen LogP contribution >= 0.6 is 34.5 Å². The standard InChI is InChI=1S/C19H10Cl2FN5OS/c20-11-1-2-12(14(21)6-11)17-13(7-23)18(10-3-4-24-16(22)5-10)29-19(17)15-8-27(9-28)26-25-15/h1-6,8,28H,9H2. The summed E-state index contributed by atoms with van der Waals surface area (Å²) in [6.07, 6.45) is 2.89. The molecule has 4 rings (SSSR count). The number of hydrogen-bond donors (Lipinski definition) is 1. The van der Waals surface area contributed by atoms with E-state index >= 15 is 0 Å².